The molecule has 4 rings (SSSR count). The van der Waals surface area contributed by atoms with Crippen molar-refractivity contribution in [3.8, 4) is 0 Å². The van der Waals surface area contributed by atoms with E-state index in [1.807, 2.05) is 0 Å². The lowest BCUT2D eigenvalue weighted by atomic mass is 9.75. The number of ether oxygens (including phenoxy) is 2. The first kappa shape index (κ1) is 47.5. The summed E-state index contributed by atoms with van der Waals surface area (Å²) in [5.74, 6) is -13.0. The third kappa shape index (κ3) is 8.80. The predicted molar refractivity (Wildman–Crippen MR) is 202 cm³/mol. The third-order valence-corrected chi connectivity index (χ3v) is 16.8. The molecule has 4 saturated carbocycles. The van der Waals surface area contributed by atoms with Crippen LogP contribution in [0.5, 0.6) is 0 Å². The molecule has 0 aliphatic heterocycles. The molecule has 4 aliphatic carbocycles. The van der Waals surface area contributed by atoms with Gasteiger partial charge in [0.25, 0.3) is 0 Å². The van der Waals surface area contributed by atoms with Gasteiger partial charge in [0.1, 0.15) is 18.5 Å². The Morgan fingerprint density at radius 2 is 0.815 bits per heavy atom. The van der Waals surface area contributed by atoms with E-state index in [4.69, 9.17) is 137 Å². The Hall–Kier alpha value is 0.780. The van der Waals surface area contributed by atoms with E-state index in [9.17, 15) is 33.8 Å². The van der Waals surface area contributed by atoms with Crippen LogP contribution in [-0.4, -0.2) is 149 Å². The number of carbonyl (C=O) groups is 4. The summed E-state index contributed by atoms with van der Waals surface area (Å²) in [5, 5.41) is 8.59. The normalized spacial score (nSPS) is 51.2. The van der Waals surface area contributed by atoms with Gasteiger partial charge in [-0.05, 0) is 0 Å². The summed E-state index contributed by atoms with van der Waals surface area (Å²) in [6.45, 7) is 1.14. The molecule has 0 heterocycles. The first-order valence-electron chi connectivity index (χ1n) is 16.3. The van der Waals surface area contributed by atoms with Gasteiger partial charge in [-0.3, -0.25) is 19.2 Å². The second-order valence-electron chi connectivity index (χ2n) is 13.6. The Kier molecular flexibility index (Phi) is 16.7. The van der Waals surface area contributed by atoms with E-state index in [1.165, 1.54) is 7.05 Å². The average Bonchev–Trinajstić information content (AvgIpc) is 3.12. The molecule has 10 nitrogen and oxygen atoms in total. The Balaban J connectivity index is 1.57. The van der Waals surface area contributed by atoms with Crippen LogP contribution < -0.4 is 10.6 Å². The van der Waals surface area contributed by atoms with Crippen molar-refractivity contribution in [2.45, 2.75) is 115 Å². The summed E-state index contributed by atoms with van der Waals surface area (Å²) in [6.07, 6.45) is -12.2. The second-order valence-corrected chi connectivity index (χ2v) is 19.2. The smallest absolute Gasteiger partial charge is 0.308 e. The summed E-state index contributed by atoms with van der Waals surface area (Å²) < 4.78 is 56.9. The Bertz CT molecular complexity index is 1380. The van der Waals surface area contributed by atoms with E-state index in [-0.39, 0.29) is 0 Å². The number of aliphatic carboxylic acids is 2. The van der Waals surface area contributed by atoms with Crippen LogP contribution in [0.3, 0.4) is 0 Å². The topological polar surface area (TPSA) is 151 Å². The molecule has 0 spiro atoms. The Morgan fingerprint density at radius 3 is 1.17 bits per heavy atom. The SMILES string of the molecule is CNC(=O)C1C(Cl)C(OC2C(Cl)C(Cl)C(OC3C(Cl)C(Cl)C(C(=O)O)C(C(=O)NC4C(F)C(C)C(F)C(Cl)C4F)C3Cl)C(Cl)C2Cl)C(Cl)C(Cl)C1C(=O)O. The molecule has 24 heteroatoms. The molecule has 0 radical (unpaired) electrons. The molecule has 0 aromatic heterocycles. The fourth-order valence-corrected chi connectivity index (χ4v) is 12.1. The molecule has 4 N–H and O–H groups in total. The van der Waals surface area contributed by atoms with Gasteiger partial charge in [0.05, 0.1) is 113 Å². The summed E-state index contributed by atoms with van der Waals surface area (Å²) in [4.78, 5) is 50.9. The van der Waals surface area contributed by atoms with Gasteiger partial charge in [-0.15, -0.1) is 128 Å². The molecule has 310 valence electrons. The molecule has 4 aliphatic rings. The molecule has 22 atom stereocenters. The van der Waals surface area contributed by atoms with Crippen LogP contribution in [-0.2, 0) is 28.7 Å². The van der Waals surface area contributed by atoms with Crippen molar-refractivity contribution in [2.24, 2.45) is 29.6 Å². The minimum Gasteiger partial charge on any atom is -0.481 e. The van der Waals surface area contributed by atoms with E-state index in [1.54, 1.807) is 0 Å². The number of hydrogen-bond acceptors (Lipinski definition) is 6. The van der Waals surface area contributed by atoms with Crippen LogP contribution >= 0.6 is 128 Å². The number of hydrogen-bond donors (Lipinski definition) is 4. The van der Waals surface area contributed by atoms with Gasteiger partial charge in [0.2, 0.25) is 11.8 Å². The molecule has 54 heavy (non-hydrogen) atoms. The molecule has 0 aromatic carbocycles. The van der Waals surface area contributed by atoms with Crippen molar-refractivity contribution >= 4 is 151 Å². The van der Waals surface area contributed by atoms with Crippen LogP contribution in [0.15, 0.2) is 0 Å². The number of carboxylic acid groups (broad SMARTS) is 2. The first-order chi connectivity index (χ1) is 25.0. The van der Waals surface area contributed by atoms with Gasteiger partial charge in [0.15, 0.2) is 0 Å². The lowest BCUT2D eigenvalue weighted by Gasteiger charge is -2.50. The van der Waals surface area contributed by atoms with Crippen molar-refractivity contribution in [1.82, 2.24) is 10.6 Å². The van der Waals surface area contributed by atoms with Crippen LogP contribution in [0, 0.1) is 29.6 Å². The van der Waals surface area contributed by atoms with Gasteiger partial charge < -0.3 is 30.3 Å². The average molecular weight is 998 g/mol. The lowest BCUT2D eigenvalue weighted by Crippen LogP contribution is -2.66. The molecule has 0 aromatic rings. The molecule has 0 saturated heterocycles. The fourth-order valence-electron chi connectivity index (χ4n) is 7.47. The van der Waals surface area contributed by atoms with Crippen LogP contribution in [0.1, 0.15) is 6.92 Å². The zero-order valence-electron chi connectivity index (χ0n) is 27.5. The second kappa shape index (κ2) is 19.0. The number of nitrogens with one attached hydrogen (secondary N) is 2. The van der Waals surface area contributed by atoms with Crippen LogP contribution in [0.2, 0.25) is 0 Å². The van der Waals surface area contributed by atoms with E-state index in [2.05, 4.69) is 10.6 Å². The standard InChI is InChI=1S/C30H34Cl11F3N2O8/c1-3-19(42)18(41)21(44)22(20(3)43)46-28(48)5-7(30(51)52)9(32)13(36)24(11(5)34)54-26-16(39)14(37)25(15(38)17(26)40)53-23-10(33)4(27(47)45-2)6(29(49)50)8(31)12(23)35/h3-26H,1-2H3,(H,45,47)(H,46,48)(H,49,50)(H,51,52). The Morgan fingerprint density at radius 1 is 0.481 bits per heavy atom. The molecular formula is C30H34Cl11F3N2O8. The maximum Gasteiger partial charge on any atom is 0.308 e. The van der Waals surface area contributed by atoms with Crippen molar-refractivity contribution in [3.63, 3.8) is 0 Å². The highest BCUT2D eigenvalue weighted by molar-refractivity contribution is 6.36. The quantitative estimate of drug-likeness (QED) is 0.214. The minimum absolute atomic E-state index is 0.745. The van der Waals surface area contributed by atoms with Crippen molar-refractivity contribution in [1.29, 1.82) is 0 Å². The maximum absolute atomic E-state index is 15.1. The highest BCUT2D eigenvalue weighted by Crippen LogP contribution is 2.48. The number of amides is 2. The van der Waals surface area contributed by atoms with Crippen LogP contribution in [0.4, 0.5) is 13.2 Å². The number of rotatable bonds is 9. The number of carboxylic acids is 2. The van der Waals surface area contributed by atoms with Gasteiger partial charge in [-0.25, -0.2) is 13.2 Å². The zero-order valence-corrected chi connectivity index (χ0v) is 35.8. The third-order valence-electron chi connectivity index (χ3n) is 10.5. The van der Waals surface area contributed by atoms with Gasteiger partial charge in [0, 0.05) is 13.0 Å². The molecular weight excluding hydrogens is 963 g/mol. The lowest BCUT2D eigenvalue weighted by molar-refractivity contribution is -0.154. The van der Waals surface area contributed by atoms with E-state index in [0.29, 0.717) is 0 Å². The highest BCUT2D eigenvalue weighted by Gasteiger charge is 2.61. The van der Waals surface area contributed by atoms with Crippen molar-refractivity contribution in [3.05, 3.63) is 0 Å². The predicted octanol–water partition coefficient (Wildman–Crippen LogP) is 5.75. The summed E-state index contributed by atoms with van der Waals surface area (Å²) >= 11 is 72.3. The van der Waals surface area contributed by atoms with Crippen molar-refractivity contribution < 1.29 is 52.0 Å². The fraction of sp³-hybridized carbons (Fsp3) is 0.867. The van der Waals surface area contributed by atoms with E-state index >= 15 is 8.78 Å². The number of halogens is 14. The van der Waals surface area contributed by atoms with Gasteiger partial charge in [-0.1, -0.05) is 6.92 Å². The minimum atomic E-state index is -2.40. The summed E-state index contributed by atoms with van der Waals surface area (Å²) in [7, 11) is 1.27. The first-order valence-corrected chi connectivity index (χ1v) is 21.1. The highest BCUT2D eigenvalue weighted by atomic mass is 35.5. The molecule has 22 unspecified atom stereocenters. The zero-order chi connectivity index (χ0) is 41.0. The Labute approximate surface area is 363 Å². The molecule has 4 fully saturated rings. The molecule has 2 amide bonds. The maximum atomic E-state index is 15.1. The number of alkyl halides is 14. The monoisotopic (exact) mass is 992 g/mol. The van der Waals surface area contributed by atoms with Gasteiger partial charge >= 0.3 is 11.9 Å². The van der Waals surface area contributed by atoms with E-state index in [0.717, 1.165) is 6.92 Å². The van der Waals surface area contributed by atoms with Crippen LogP contribution in [0.25, 0.3) is 0 Å². The molecule has 0 bridgehead atoms. The number of carbonyl (C=O) groups excluding carboxylic acids is 2. The van der Waals surface area contributed by atoms with Gasteiger partial charge in [-0.2, -0.15) is 0 Å². The summed E-state index contributed by atoms with van der Waals surface area (Å²) in [6, 6.07) is -1.97. The van der Waals surface area contributed by atoms with Crippen molar-refractivity contribution in [2.75, 3.05) is 7.05 Å². The van der Waals surface area contributed by atoms with E-state index < -0.39 is 161 Å². The summed E-state index contributed by atoms with van der Waals surface area (Å²) in [5.41, 5.74) is 0. The largest absolute Gasteiger partial charge is 0.481 e.